The van der Waals surface area contributed by atoms with Crippen LogP contribution in [0.2, 0.25) is 0 Å². The molecule has 1 aromatic carbocycles. The minimum atomic E-state index is -0.920. The molecule has 0 bridgehead atoms. The Morgan fingerprint density at radius 1 is 1.28 bits per heavy atom. The Kier molecular flexibility index (Phi) is 6.03. The van der Waals surface area contributed by atoms with E-state index in [0.717, 1.165) is 17.0 Å². The van der Waals surface area contributed by atoms with Gasteiger partial charge in [-0.15, -0.1) is 0 Å². The van der Waals surface area contributed by atoms with E-state index in [1.807, 2.05) is 13.8 Å². The Balaban J connectivity index is 2.83. The zero-order valence-electron chi connectivity index (χ0n) is 12.1. The first-order valence-electron chi connectivity index (χ1n) is 6.64. The van der Waals surface area contributed by atoms with E-state index in [-0.39, 0.29) is 0 Å². The van der Waals surface area contributed by atoms with E-state index >= 15 is 0 Å². The monoisotopic (exact) mass is 267 g/mol. The highest BCUT2D eigenvalue weighted by Crippen LogP contribution is 2.17. The molecule has 0 saturated carbocycles. The molecule has 0 heterocycles. The fourth-order valence-electron chi connectivity index (χ4n) is 1.95. The fourth-order valence-corrected chi connectivity index (χ4v) is 3.71. The molecule has 0 spiro atoms. The van der Waals surface area contributed by atoms with Gasteiger partial charge in [0.25, 0.3) is 0 Å². The van der Waals surface area contributed by atoms with Gasteiger partial charge in [-0.25, -0.2) is 0 Å². The number of benzene rings is 1. The van der Waals surface area contributed by atoms with E-state index in [2.05, 4.69) is 44.3 Å². The molecule has 0 fully saturated rings. The SMILES string of the molecule is CCNC(CS(=O)c1cc(C)ccc1C)C(C)C. The quantitative estimate of drug-likeness (QED) is 0.858. The summed E-state index contributed by atoms with van der Waals surface area (Å²) in [4.78, 5) is 0.985. The molecule has 18 heavy (non-hydrogen) atoms. The summed E-state index contributed by atoms with van der Waals surface area (Å²) in [6.45, 7) is 11.4. The molecule has 2 nitrogen and oxygen atoms in total. The molecule has 2 unspecified atom stereocenters. The van der Waals surface area contributed by atoms with Crippen LogP contribution in [0.25, 0.3) is 0 Å². The minimum Gasteiger partial charge on any atom is -0.313 e. The van der Waals surface area contributed by atoms with E-state index in [9.17, 15) is 4.21 Å². The van der Waals surface area contributed by atoms with Crippen LogP contribution in [-0.4, -0.2) is 22.5 Å². The third-order valence-electron chi connectivity index (χ3n) is 3.19. The van der Waals surface area contributed by atoms with Gasteiger partial charge in [0.05, 0.1) is 10.8 Å². The van der Waals surface area contributed by atoms with Crippen LogP contribution in [0.1, 0.15) is 31.9 Å². The van der Waals surface area contributed by atoms with Crippen LogP contribution in [0.3, 0.4) is 0 Å². The molecule has 0 aliphatic rings. The van der Waals surface area contributed by atoms with Gasteiger partial charge < -0.3 is 5.32 Å². The van der Waals surface area contributed by atoms with Gasteiger partial charge in [0, 0.05) is 16.7 Å². The van der Waals surface area contributed by atoms with Crippen LogP contribution >= 0.6 is 0 Å². The van der Waals surface area contributed by atoms with Gasteiger partial charge in [-0.1, -0.05) is 32.9 Å². The second-order valence-corrected chi connectivity index (χ2v) is 6.65. The van der Waals surface area contributed by atoms with Crippen molar-refractivity contribution in [2.24, 2.45) is 5.92 Å². The third-order valence-corrected chi connectivity index (χ3v) is 4.78. The van der Waals surface area contributed by atoms with Gasteiger partial charge >= 0.3 is 0 Å². The first kappa shape index (κ1) is 15.4. The predicted molar refractivity (Wildman–Crippen MR) is 79.5 cm³/mol. The number of rotatable bonds is 6. The lowest BCUT2D eigenvalue weighted by Crippen LogP contribution is -2.38. The van der Waals surface area contributed by atoms with Crippen LogP contribution in [0.4, 0.5) is 0 Å². The largest absolute Gasteiger partial charge is 0.313 e. The van der Waals surface area contributed by atoms with Gasteiger partial charge in [-0.3, -0.25) is 4.21 Å². The molecular weight excluding hydrogens is 242 g/mol. The van der Waals surface area contributed by atoms with Crippen molar-refractivity contribution in [2.45, 2.75) is 45.6 Å². The Morgan fingerprint density at radius 2 is 1.94 bits per heavy atom. The maximum atomic E-state index is 12.5. The van der Waals surface area contributed by atoms with E-state index in [1.165, 1.54) is 5.56 Å². The summed E-state index contributed by atoms with van der Waals surface area (Å²) in [6.07, 6.45) is 0. The minimum absolute atomic E-state index is 0.316. The van der Waals surface area contributed by atoms with Crippen molar-refractivity contribution in [3.8, 4) is 0 Å². The first-order chi connectivity index (χ1) is 8.45. The molecule has 2 atom stereocenters. The molecule has 1 aromatic rings. The second-order valence-electron chi connectivity index (χ2n) is 5.19. The lowest BCUT2D eigenvalue weighted by Gasteiger charge is -2.21. The number of hydrogen-bond acceptors (Lipinski definition) is 2. The Morgan fingerprint density at radius 3 is 2.50 bits per heavy atom. The fraction of sp³-hybridized carbons (Fsp3) is 0.600. The van der Waals surface area contributed by atoms with Crippen molar-refractivity contribution >= 4 is 10.8 Å². The molecule has 0 saturated heterocycles. The highest BCUT2D eigenvalue weighted by Gasteiger charge is 2.17. The number of aryl methyl sites for hydroxylation is 2. The molecule has 0 radical (unpaired) electrons. The smallest absolute Gasteiger partial charge is 0.0548 e. The van der Waals surface area contributed by atoms with Gasteiger partial charge in [0.15, 0.2) is 0 Å². The molecule has 0 aromatic heterocycles. The molecule has 1 N–H and O–H groups in total. The molecule has 0 amide bonds. The molecule has 3 heteroatoms. The van der Waals surface area contributed by atoms with E-state index in [4.69, 9.17) is 0 Å². The Bertz CT molecular complexity index is 415. The van der Waals surface area contributed by atoms with Gasteiger partial charge in [-0.2, -0.15) is 0 Å². The molecule has 0 aliphatic heterocycles. The van der Waals surface area contributed by atoms with Crippen LogP contribution < -0.4 is 5.32 Å². The van der Waals surface area contributed by atoms with Gasteiger partial charge in [-0.05, 0) is 43.5 Å². The lowest BCUT2D eigenvalue weighted by atomic mass is 10.1. The number of hydrogen-bond donors (Lipinski definition) is 1. The number of nitrogens with one attached hydrogen (secondary N) is 1. The van der Waals surface area contributed by atoms with Gasteiger partial charge in [0.2, 0.25) is 0 Å². The summed E-state index contributed by atoms with van der Waals surface area (Å²) in [5.74, 6) is 1.19. The highest BCUT2D eigenvalue weighted by atomic mass is 32.2. The normalized spacial score (nSPS) is 14.8. The van der Waals surface area contributed by atoms with Crippen molar-refractivity contribution in [1.82, 2.24) is 5.32 Å². The van der Waals surface area contributed by atoms with Crippen LogP contribution in [0, 0.1) is 19.8 Å². The van der Waals surface area contributed by atoms with Crippen molar-refractivity contribution in [2.75, 3.05) is 12.3 Å². The van der Waals surface area contributed by atoms with Crippen molar-refractivity contribution in [3.05, 3.63) is 29.3 Å². The van der Waals surface area contributed by atoms with Crippen molar-refractivity contribution in [1.29, 1.82) is 0 Å². The van der Waals surface area contributed by atoms with E-state index in [0.29, 0.717) is 17.7 Å². The van der Waals surface area contributed by atoms with Crippen molar-refractivity contribution < 1.29 is 4.21 Å². The zero-order valence-corrected chi connectivity index (χ0v) is 12.9. The zero-order chi connectivity index (χ0) is 13.7. The lowest BCUT2D eigenvalue weighted by molar-refractivity contribution is 0.440. The summed E-state index contributed by atoms with van der Waals surface area (Å²) in [6, 6.07) is 6.49. The summed E-state index contributed by atoms with van der Waals surface area (Å²) >= 11 is 0. The highest BCUT2D eigenvalue weighted by molar-refractivity contribution is 7.85. The average molecular weight is 267 g/mol. The summed E-state index contributed by atoms with van der Waals surface area (Å²) < 4.78 is 12.5. The standard InChI is InChI=1S/C15H25NOS/c1-6-16-14(11(2)3)10-18(17)15-9-12(4)7-8-13(15)5/h7-9,11,14,16H,6,10H2,1-5H3. The van der Waals surface area contributed by atoms with Crippen LogP contribution in [0.5, 0.6) is 0 Å². The molecule has 102 valence electrons. The summed E-state index contributed by atoms with van der Waals surface area (Å²) in [5.41, 5.74) is 2.30. The van der Waals surface area contributed by atoms with Crippen LogP contribution in [-0.2, 0) is 10.8 Å². The maximum absolute atomic E-state index is 12.5. The predicted octanol–water partition coefficient (Wildman–Crippen LogP) is 3.05. The third kappa shape index (κ3) is 4.21. The van der Waals surface area contributed by atoms with E-state index in [1.54, 1.807) is 0 Å². The molecule has 0 aliphatic carbocycles. The van der Waals surface area contributed by atoms with Crippen LogP contribution in [0.15, 0.2) is 23.1 Å². The molecule has 1 rings (SSSR count). The summed E-state index contributed by atoms with van der Waals surface area (Å²) in [5, 5.41) is 3.42. The first-order valence-corrected chi connectivity index (χ1v) is 7.96. The Labute approximate surface area is 114 Å². The van der Waals surface area contributed by atoms with Gasteiger partial charge in [0.1, 0.15) is 0 Å². The van der Waals surface area contributed by atoms with Crippen molar-refractivity contribution in [3.63, 3.8) is 0 Å². The second kappa shape index (κ2) is 7.05. The molecular formula is C15H25NOS. The summed E-state index contributed by atoms with van der Waals surface area (Å²) in [7, 11) is -0.920. The van der Waals surface area contributed by atoms with E-state index < -0.39 is 10.8 Å². The maximum Gasteiger partial charge on any atom is 0.0548 e. The average Bonchev–Trinajstić information content (AvgIpc) is 2.31. The topological polar surface area (TPSA) is 29.1 Å². The Hall–Kier alpha value is -0.670.